The van der Waals surface area contributed by atoms with Crippen molar-refractivity contribution in [2.45, 2.75) is 108 Å². The summed E-state index contributed by atoms with van der Waals surface area (Å²) in [6, 6.07) is 19.8. The number of unbranched alkanes of at least 4 members (excludes halogenated alkanes) is 8. The van der Waals surface area contributed by atoms with Gasteiger partial charge in [0.25, 0.3) is 0 Å². The van der Waals surface area contributed by atoms with E-state index in [1.54, 1.807) is 0 Å². The lowest BCUT2D eigenvalue weighted by atomic mass is 10.0. The van der Waals surface area contributed by atoms with Crippen molar-refractivity contribution >= 4 is 16.9 Å². The van der Waals surface area contributed by atoms with Crippen LogP contribution in [0.3, 0.4) is 0 Å². The first-order chi connectivity index (χ1) is 16.2. The highest BCUT2D eigenvalue weighted by molar-refractivity contribution is 8.13. The lowest BCUT2D eigenvalue weighted by Crippen LogP contribution is -2.22. The average Bonchev–Trinajstić information content (AvgIpc) is 2.82. The van der Waals surface area contributed by atoms with Crippen molar-refractivity contribution in [3.8, 4) is 0 Å². The van der Waals surface area contributed by atoms with Crippen LogP contribution in [0.25, 0.3) is 0 Å². The zero-order chi connectivity index (χ0) is 23.6. The molecule has 0 spiro atoms. The van der Waals surface area contributed by atoms with Crippen LogP contribution < -0.4 is 0 Å². The van der Waals surface area contributed by atoms with Crippen LogP contribution in [0.15, 0.2) is 65.6 Å². The van der Waals surface area contributed by atoms with Crippen molar-refractivity contribution in [1.29, 1.82) is 0 Å². The number of ether oxygens (including phenoxy) is 1. The molecular formula is C29H42O3S. The van der Waals surface area contributed by atoms with Crippen molar-refractivity contribution in [2.24, 2.45) is 0 Å². The van der Waals surface area contributed by atoms with E-state index in [9.17, 15) is 9.90 Å². The molecular weight excluding hydrogens is 428 g/mol. The number of carbonyl (C=O) groups is 1. The molecule has 0 fully saturated rings. The number of rotatable bonds is 18. The number of aliphatic hydroxyl groups is 1. The molecule has 182 valence electrons. The molecule has 3 nitrogen and oxygen atoms in total. The molecule has 0 aliphatic heterocycles. The predicted molar refractivity (Wildman–Crippen MR) is 139 cm³/mol. The molecule has 0 saturated heterocycles. The molecule has 2 atom stereocenters. The van der Waals surface area contributed by atoms with Crippen LogP contribution in [0.1, 0.15) is 89.5 Å². The first-order valence-electron chi connectivity index (χ1n) is 12.8. The normalized spacial score (nSPS) is 13.0. The van der Waals surface area contributed by atoms with Gasteiger partial charge in [-0.15, -0.1) is 0 Å². The summed E-state index contributed by atoms with van der Waals surface area (Å²) in [6.45, 7) is 2.80. The summed E-state index contributed by atoms with van der Waals surface area (Å²) >= 11 is 1.20. The van der Waals surface area contributed by atoms with Crippen molar-refractivity contribution < 1.29 is 14.6 Å². The molecule has 0 saturated carbocycles. The molecule has 2 rings (SSSR count). The molecule has 33 heavy (non-hydrogen) atoms. The van der Waals surface area contributed by atoms with E-state index < -0.39 is 6.10 Å². The number of hydrogen-bond donors (Lipinski definition) is 1. The molecule has 4 heteroatoms. The second-order valence-electron chi connectivity index (χ2n) is 8.92. The van der Waals surface area contributed by atoms with E-state index in [1.807, 2.05) is 48.5 Å². The van der Waals surface area contributed by atoms with Gasteiger partial charge < -0.3 is 9.84 Å². The van der Waals surface area contributed by atoms with E-state index in [4.69, 9.17) is 4.74 Å². The SMILES string of the molecule is CCCCCCCCCCC[C@H](C[C@H](O)CC(=O)Sc1ccccc1)OCc1ccccc1. The van der Waals surface area contributed by atoms with Gasteiger partial charge in [0.1, 0.15) is 0 Å². The maximum atomic E-state index is 12.4. The van der Waals surface area contributed by atoms with Crippen LogP contribution in [0.2, 0.25) is 0 Å². The van der Waals surface area contributed by atoms with Crippen molar-refractivity contribution in [1.82, 2.24) is 0 Å². The Morgan fingerprint density at radius 1 is 0.848 bits per heavy atom. The van der Waals surface area contributed by atoms with E-state index in [0.717, 1.165) is 23.3 Å². The first kappa shape index (κ1) is 27.6. The third-order valence-electron chi connectivity index (χ3n) is 5.87. The molecule has 0 heterocycles. The van der Waals surface area contributed by atoms with Gasteiger partial charge in [0.05, 0.1) is 18.8 Å². The van der Waals surface area contributed by atoms with Crippen LogP contribution in [0.5, 0.6) is 0 Å². The predicted octanol–water partition coefficient (Wildman–Crippen LogP) is 7.95. The van der Waals surface area contributed by atoms with Crippen LogP contribution in [-0.4, -0.2) is 22.4 Å². The second-order valence-corrected chi connectivity index (χ2v) is 10.0. The van der Waals surface area contributed by atoms with E-state index >= 15 is 0 Å². The molecule has 1 N–H and O–H groups in total. The Kier molecular flexibility index (Phi) is 14.9. The van der Waals surface area contributed by atoms with Gasteiger partial charge in [0.15, 0.2) is 5.12 Å². The van der Waals surface area contributed by atoms with Gasteiger partial charge in [-0.25, -0.2) is 0 Å². The molecule has 2 aromatic rings. The molecule has 0 unspecified atom stereocenters. The highest BCUT2D eigenvalue weighted by Gasteiger charge is 2.19. The van der Waals surface area contributed by atoms with Gasteiger partial charge in [-0.2, -0.15) is 0 Å². The number of aliphatic hydroxyl groups excluding tert-OH is 1. The minimum atomic E-state index is -0.673. The lowest BCUT2D eigenvalue weighted by molar-refractivity contribution is -0.113. The molecule has 0 amide bonds. The Hall–Kier alpha value is -1.62. The van der Waals surface area contributed by atoms with E-state index in [-0.39, 0.29) is 17.6 Å². The number of carbonyl (C=O) groups excluding carboxylic acids is 1. The molecule has 2 aromatic carbocycles. The smallest absolute Gasteiger partial charge is 0.196 e. The van der Waals surface area contributed by atoms with Gasteiger partial charge in [-0.1, -0.05) is 125 Å². The minimum Gasteiger partial charge on any atom is -0.393 e. The van der Waals surface area contributed by atoms with Crippen LogP contribution in [0.4, 0.5) is 0 Å². The summed E-state index contributed by atoms with van der Waals surface area (Å²) in [4.78, 5) is 13.3. The van der Waals surface area contributed by atoms with Gasteiger partial charge in [-0.05, 0) is 30.5 Å². The quantitative estimate of drug-likeness (QED) is 0.177. The van der Waals surface area contributed by atoms with Crippen molar-refractivity contribution in [3.63, 3.8) is 0 Å². The second kappa shape index (κ2) is 17.8. The Labute approximate surface area is 205 Å². The fourth-order valence-corrected chi connectivity index (χ4v) is 4.81. The molecule has 0 aliphatic rings. The maximum absolute atomic E-state index is 12.4. The van der Waals surface area contributed by atoms with E-state index in [2.05, 4.69) is 19.1 Å². The Balaban J connectivity index is 1.73. The zero-order valence-corrected chi connectivity index (χ0v) is 21.1. The number of thioether (sulfide) groups is 1. The lowest BCUT2D eigenvalue weighted by Gasteiger charge is -2.21. The monoisotopic (exact) mass is 470 g/mol. The number of hydrogen-bond acceptors (Lipinski definition) is 4. The Bertz CT molecular complexity index is 735. The third-order valence-corrected chi connectivity index (χ3v) is 6.77. The molecule has 0 aliphatic carbocycles. The molecule has 0 bridgehead atoms. The van der Waals surface area contributed by atoms with Crippen LogP contribution >= 0.6 is 11.8 Å². The summed E-state index contributed by atoms with van der Waals surface area (Å²) in [5, 5.41) is 10.6. The topological polar surface area (TPSA) is 46.5 Å². The fraction of sp³-hybridized carbons (Fsp3) is 0.552. The third kappa shape index (κ3) is 13.6. The molecule has 0 radical (unpaired) electrons. The Morgan fingerprint density at radius 3 is 2.06 bits per heavy atom. The van der Waals surface area contributed by atoms with Crippen LogP contribution in [-0.2, 0) is 16.1 Å². The standard InChI is InChI=1S/C29H42O3S/c1-2-3-4-5-6-7-8-9-14-19-27(32-24-25-17-12-10-13-18-25)22-26(30)23-29(31)33-28-20-15-11-16-21-28/h10-13,15-18,20-21,26-27,30H,2-9,14,19,22-24H2,1H3/t26-,27+/m0/s1. The van der Waals surface area contributed by atoms with Crippen LogP contribution in [0, 0.1) is 0 Å². The van der Waals surface area contributed by atoms with E-state index in [0.29, 0.717) is 13.0 Å². The van der Waals surface area contributed by atoms with Crippen molar-refractivity contribution in [3.05, 3.63) is 66.2 Å². The zero-order valence-electron chi connectivity index (χ0n) is 20.3. The highest BCUT2D eigenvalue weighted by atomic mass is 32.2. The van der Waals surface area contributed by atoms with Gasteiger partial charge in [0.2, 0.25) is 0 Å². The Morgan fingerprint density at radius 2 is 1.42 bits per heavy atom. The van der Waals surface area contributed by atoms with Gasteiger partial charge >= 0.3 is 0 Å². The van der Waals surface area contributed by atoms with Gasteiger partial charge in [-0.3, -0.25) is 4.79 Å². The minimum absolute atomic E-state index is 0.00131. The first-order valence-corrected chi connectivity index (χ1v) is 13.6. The van der Waals surface area contributed by atoms with Crippen molar-refractivity contribution in [2.75, 3.05) is 0 Å². The molecule has 0 aromatic heterocycles. The fourth-order valence-electron chi connectivity index (χ4n) is 3.98. The largest absolute Gasteiger partial charge is 0.393 e. The summed E-state index contributed by atoms with van der Waals surface area (Å²) in [7, 11) is 0. The maximum Gasteiger partial charge on any atom is 0.196 e. The number of benzene rings is 2. The highest BCUT2D eigenvalue weighted by Crippen LogP contribution is 2.23. The van der Waals surface area contributed by atoms with Gasteiger partial charge in [0, 0.05) is 11.3 Å². The summed E-state index contributed by atoms with van der Waals surface area (Å²) in [5.41, 5.74) is 1.14. The average molecular weight is 471 g/mol. The summed E-state index contributed by atoms with van der Waals surface area (Å²) in [6.07, 6.45) is 12.5. The summed E-state index contributed by atoms with van der Waals surface area (Å²) in [5.74, 6) is 0. The van der Waals surface area contributed by atoms with E-state index in [1.165, 1.54) is 63.1 Å². The summed E-state index contributed by atoms with van der Waals surface area (Å²) < 4.78 is 6.19.